The van der Waals surface area contributed by atoms with Gasteiger partial charge in [-0.1, -0.05) is 6.07 Å². The van der Waals surface area contributed by atoms with Crippen LogP contribution < -0.4 is 0 Å². The molecular weight excluding hydrogens is 217 g/mol. The van der Waals surface area contributed by atoms with Crippen LogP contribution in [0.15, 0.2) is 23.1 Å². The van der Waals surface area contributed by atoms with Gasteiger partial charge < -0.3 is 4.55 Å². The highest BCUT2D eigenvalue weighted by Gasteiger charge is 2.34. The van der Waals surface area contributed by atoms with Gasteiger partial charge in [-0.25, -0.2) is 4.21 Å². The van der Waals surface area contributed by atoms with Crippen molar-refractivity contribution in [1.29, 1.82) is 0 Å². The highest BCUT2D eigenvalue weighted by molar-refractivity contribution is 7.79. The first kappa shape index (κ1) is 11.2. The fraction of sp³-hybridized carbons (Fsp3) is 0.250. The van der Waals surface area contributed by atoms with Crippen LogP contribution in [0.4, 0.5) is 13.2 Å². The predicted octanol–water partition coefficient (Wildman–Crippen LogP) is 2.59. The zero-order valence-corrected chi connectivity index (χ0v) is 7.95. The molecule has 1 N–H and O–H groups in total. The first-order valence-corrected chi connectivity index (χ1v) is 4.72. The van der Waals surface area contributed by atoms with Gasteiger partial charge in [-0.05, 0) is 24.6 Å². The van der Waals surface area contributed by atoms with E-state index in [0.29, 0.717) is 5.56 Å². The summed E-state index contributed by atoms with van der Waals surface area (Å²) in [6.07, 6.45) is -4.60. The van der Waals surface area contributed by atoms with Crippen LogP contribution >= 0.6 is 0 Å². The highest BCUT2D eigenvalue weighted by Crippen LogP contribution is 2.33. The van der Waals surface area contributed by atoms with Crippen LogP contribution in [0.5, 0.6) is 0 Å². The van der Waals surface area contributed by atoms with Crippen LogP contribution in [0.25, 0.3) is 0 Å². The number of benzene rings is 1. The quantitative estimate of drug-likeness (QED) is 0.744. The van der Waals surface area contributed by atoms with E-state index in [9.17, 15) is 17.4 Å². The molecule has 0 aliphatic rings. The fourth-order valence-corrected chi connectivity index (χ4v) is 1.67. The summed E-state index contributed by atoms with van der Waals surface area (Å²) in [5.74, 6) is 0. The second-order valence-electron chi connectivity index (χ2n) is 2.75. The van der Waals surface area contributed by atoms with E-state index in [-0.39, 0.29) is 0 Å². The van der Waals surface area contributed by atoms with Gasteiger partial charge in [0.2, 0.25) is 0 Å². The van der Waals surface area contributed by atoms with Gasteiger partial charge in [0.15, 0.2) is 11.1 Å². The number of alkyl halides is 3. The fourth-order valence-electron chi connectivity index (χ4n) is 1.01. The molecule has 0 saturated carbocycles. The summed E-state index contributed by atoms with van der Waals surface area (Å²) in [5.41, 5.74) is -0.556. The molecule has 0 fully saturated rings. The molecule has 0 spiro atoms. The standard InChI is InChI=1S/C8H7F3O2S/c1-5-2-3-6(8(9,10)11)7(4-5)14(12)13/h2-4H,1H3,(H,12,13). The van der Waals surface area contributed by atoms with Gasteiger partial charge in [-0.3, -0.25) is 0 Å². The molecule has 1 aromatic rings. The van der Waals surface area contributed by atoms with Gasteiger partial charge in [0.25, 0.3) is 0 Å². The minimum atomic E-state index is -4.60. The van der Waals surface area contributed by atoms with E-state index >= 15 is 0 Å². The summed E-state index contributed by atoms with van der Waals surface area (Å²) in [5, 5.41) is 0. The predicted molar refractivity (Wildman–Crippen MR) is 45.2 cm³/mol. The molecule has 0 saturated heterocycles. The zero-order chi connectivity index (χ0) is 10.9. The Balaban J connectivity index is 3.37. The molecule has 0 radical (unpaired) electrons. The van der Waals surface area contributed by atoms with Crippen molar-refractivity contribution < 1.29 is 21.9 Å². The van der Waals surface area contributed by atoms with E-state index in [1.807, 2.05) is 0 Å². The monoisotopic (exact) mass is 224 g/mol. The van der Waals surface area contributed by atoms with E-state index in [2.05, 4.69) is 0 Å². The first-order chi connectivity index (χ1) is 6.32. The molecule has 1 unspecified atom stereocenters. The van der Waals surface area contributed by atoms with Crippen molar-refractivity contribution in [2.75, 3.05) is 0 Å². The molecule has 0 amide bonds. The number of aryl methyl sites for hydroxylation is 1. The Morgan fingerprint density at radius 2 is 1.93 bits per heavy atom. The molecule has 0 aliphatic heterocycles. The topological polar surface area (TPSA) is 37.3 Å². The maximum Gasteiger partial charge on any atom is 0.417 e. The van der Waals surface area contributed by atoms with Gasteiger partial charge in [0.1, 0.15) is 0 Å². The van der Waals surface area contributed by atoms with Gasteiger partial charge in [0, 0.05) is 0 Å². The van der Waals surface area contributed by atoms with Crippen molar-refractivity contribution in [2.45, 2.75) is 18.0 Å². The van der Waals surface area contributed by atoms with E-state index in [1.54, 1.807) is 6.92 Å². The Labute approximate surface area is 81.0 Å². The summed E-state index contributed by atoms with van der Waals surface area (Å²) < 4.78 is 56.2. The zero-order valence-electron chi connectivity index (χ0n) is 7.13. The summed E-state index contributed by atoms with van der Waals surface area (Å²) in [6, 6.07) is 3.11. The van der Waals surface area contributed by atoms with Gasteiger partial charge in [-0.2, -0.15) is 13.2 Å². The minimum Gasteiger partial charge on any atom is -0.302 e. The average Bonchev–Trinajstić information content (AvgIpc) is 2.01. The Morgan fingerprint density at radius 3 is 2.36 bits per heavy atom. The molecule has 14 heavy (non-hydrogen) atoms. The molecule has 0 heterocycles. The van der Waals surface area contributed by atoms with Crippen molar-refractivity contribution in [1.82, 2.24) is 0 Å². The smallest absolute Gasteiger partial charge is 0.302 e. The number of rotatable bonds is 1. The summed E-state index contributed by atoms with van der Waals surface area (Å²) in [6.45, 7) is 1.55. The van der Waals surface area contributed by atoms with Gasteiger partial charge in [-0.15, -0.1) is 0 Å². The van der Waals surface area contributed by atoms with Crippen molar-refractivity contribution in [3.8, 4) is 0 Å². The molecule has 0 bridgehead atoms. The lowest BCUT2D eigenvalue weighted by Crippen LogP contribution is -2.10. The Bertz CT molecular complexity index is 373. The van der Waals surface area contributed by atoms with Gasteiger partial charge in [0.05, 0.1) is 10.5 Å². The molecule has 1 aromatic carbocycles. The van der Waals surface area contributed by atoms with E-state index in [1.165, 1.54) is 6.07 Å². The van der Waals surface area contributed by atoms with Crippen LogP contribution in [0, 0.1) is 6.92 Å². The van der Waals surface area contributed by atoms with E-state index in [0.717, 1.165) is 12.1 Å². The number of hydrogen-bond acceptors (Lipinski definition) is 1. The molecule has 0 aromatic heterocycles. The Kier molecular flexibility index (Phi) is 2.96. The minimum absolute atomic E-state index is 0.510. The van der Waals surface area contributed by atoms with E-state index < -0.39 is 27.7 Å². The lowest BCUT2D eigenvalue weighted by Gasteiger charge is -2.10. The van der Waals surface area contributed by atoms with Crippen molar-refractivity contribution in [3.63, 3.8) is 0 Å². The summed E-state index contributed by atoms with van der Waals surface area (Å²) in [7, 11) is 0. The Morgan fingerprint density at radius 1 is 1.36 bits per heavy atom. The van der Waals surface area contributed by atoms with E-state index in [4.69, 9.17) is 4.55 Å². The third-order valence-electron chi connectivity index (χ3n) is 1.63. The molecule has 1 atom stereocenters. The van der Waals surface area contributed by atoms with Crippen LogP contribution in [-0.4, -0.2) is 8.76 Å². The Hall–Kier alpha value is -0.880. The lowest BCUT2D eigenvalue weighted by atomic mass is 10.1. The second-order valence-corrected chi connectivity index (χ2v) is 3.68. The number of halogens is 3. The van der Waals surface area contributed by atoms with Crippen molar-refractivity contribution in [3.05, 3.63) is 29.3 Å². The van der Waals surface area contributed by atoms with Gasteiger partial charge >= 0.3 is 6.18 Å². The molecule has 2 nitrogen and oxygen atoms in total. The van der Waals surface area contributed by atoms with Crippen LogP contribution in [0.3, 0.4) is 0 Å². The highest BCUT2D eigenvalue weighted by atomic mass is 32.2. The van der Waals surface area contributed by atoms with Crippen LogP contribution in [-0.2, 0) is 17.3 Å². The largest absolute Gasteiger partial charge is 0.417 e. The van der Waals surface area contributed by atoms with Crippen molar-refractivity contribution >= 4 is 11.1 Å². The molecule has 1 rings (SSSR count). The van der Waals surface area contributed by atoms with Crippen molar-refractivity contribution in [2.24, 2.45) is 0 Å². The molecule has 6 heteroatoms. The number of hydrogen-bond donors (Lipinski definition) is 1. The molecule has 0 aliphatic carbocycles. The average molecular weight is 224 g/mol. The van der Waals surface area contributed by atoms with Crippen LogP contribution in [0.1, 0.15) is 11.1 Å². The molecular formula is C8H7F3O2S. The maximum atomic E-state index is 12.3. The SMILES string of the molecule is Cc1ccc(C(F)(F)F)c(S(=O)O)c1. The third-order valence-corrected chi connectivity index (χ3v) is 2.34. The van der Waals surface area contributed by atoms with Crippen LogP contribution in [0.2, 0.25) is 0 Å². The third kappa shape index (κ3) is 2.33. The second kappa shape index (κ2) is 3.70. The normalized spacial score (nSPS) is 14.1. The first-order valence-electron chi connectivity index (χ1n) is 3.61. The lowest BCUT2D eigenvalue weighted by molar-refractivity contribution is -0.139. The molecule has 78 valence electrons. The maximum absolute atomic E-state index is 12.3. The summed E-state index contributed by atoms with van der Waals surface area (Å²) >= 11 is -2.62. The summed E-state index contributed by atoms with van der Waals surface area (Å²) in [4.78, 5) is -0.600.